The van der Waals surface area contributed by atoms with Crippen LogP contribution in [-0.2, 0) is 4.79 Å². The number of aldehydes is 1. The number of carbonyl (C=O) groups excluding carboxylic acids is 1. The van der Waals surface area contributed by atoms with Crippen molar-refractivity contribution in [2.24, 2.45) is 11.8 Å². The van der Waals surface area contributed by atoms with Crippen LogP contribution in [0.3, 0.4) is 0 Å². The van der Waals surface area contributed by atoms with Crippen LogP contribution in [0.1, 0.15) is 12.8 Å². The van der Waals surface area contributed by atoms with E-state index in [2.05, 4.69) is 0 Å². The van der Waals surface area contributed by atoms with Crippen molar-refractivity contribution in [2.75, 3.05) is 6.54 Å². The molecule has 0 fully saturated rings. The van der Waals surface area contributed by atoms with Crippen molar-refractivity contribution < 1.29 is 9.72 Å². The summed E-state index contributed by atoms with van der Waals surface area (Å²) in [5.41, 5.74) is 0. The maximum absolute atomic E-state index is 10.5. The fourth-order valence-electron chi connectivity index (χ4n) is 1.45. The predicted molar refractivity (Wildman–Crippen MR) is 43.3 cm³/mol. The van der Waals surface area contributed by atoms with Crippen molar-refractivity contribution >= 4 is 6.29 Å². The minimum Gasteiger partial charge on any atom is -0.303 e. The average Bonchev–Trinajstić information content (AvgIpc) is 2.04. The van der Waals surface area contributed by atoms with Crippen molar-refractivity contribution in [3.05, 3.63) is 22.3 Å². The van der Waals surface area contributed by atoms with Gasteiger partial charge in [0, 0.05) is 10.8 Å². The Morgan fingerprint density at radius 1 is 1.67 bits per heavy atom. The Kier molecular flexibility index (Phi) is 2.96. The first kappa shape index (κ1) is 8.90. The van der Waals surface area contributed by atoms with E-state index in [0.29, 0.717) is 0 Å². The second kappa shape index (κ2) is 3.99. The summed E-state index contributed by atoms with van der Waals surface area (Å²) in [5, 5.41) is 10.2. The predicted octanol–water partition coefficient (Wildman–Crippen LogP) is 1.04. The number of hydrogen-bond acceptors (Lipinski definition) is 3. The number of rotatable bonds is 3. The summed E-state index contributed by atoms with van der Waals surface area (Å²) >= 11 is 0. The molecule has 2 atom stereocenters. The van der Waals surface area contributed by atoms with Crippen LogP contribution >= 0.6 is 0 Å². The zero-order valence-corrected chi connectivity index (χ0v) is 6.68. The highest BCUT2D eigenvalue weighted by atomic mass is 16.6. The summed E-state index contributed by atoms with van der Waals surface area (Å²) in [5.74, 6) is -0.341. The highest BCUT2D eigenvalue weighted by molar-refractivity contribution is 5.55. The van der Waals surface area contributed by atoms with Gasteiger partial charge in [-0.15, -0.1) is 0 Å². The average molecular weight is 169 g/mol. The second-order valence-electron chi connectivity index (χ2n) is 2.98. The van der Waals surface area contributed by atoms with Crippen LogP contribution in [0.25, 0.3) is 0 Å². The lowest BCUT2D eigenvalue weighted by molar-refractivity contribution is -0.487. The maximum Gasteiger partial charge on any atom is 0.210 e. The van der Waals surface area contributed by atoms with Gasteiger partial charge in [0.1, 0.15) is 6.29 Å². The van der Waals surface area contributed by atoms with Gasteiger partial charge in [-0.1, -0.05) is 12.2 Å². The molecule has 0 unspecified atom stereocenters. The van der Waals surface area contributed by atoms with Gasteiger partial charge in [-0.3, -0.25) is 10.1 Å². The monoisotopic (exact) mass is 169 g/mol. The van der Waals surface area contributed by atoms with E-state index in [-0.39, 0.29) is 23.3 Å². The van der Waals surface area contributed by atoms with Crippen molar-refractivity contribution in [3.8, 4) is 0 Å². The SMILES string of the molecule is O=C[C@@H]1CCC=C[C@H]1C[N+](=O)[O-]. The molecular weight excluding hydrogens is 158 g/mol. The second-order valence-corrected chi connectivity index (χ2v) is 2.98. The molecule has 0 N–H and O–H groups in total. The molecule has 0 aliphatic heterocycles. The van der Waals surface area contributed by atoms with Gasteiger partial charge in [0.2, 0.25) is 6.54 Å². The van der Waals surface area contributed by atoms with Crippen LogP contribution < -0.4 is 0 Å². The fraction of sp³-hybridized carbons (Fsp3) is 0.625. The normalized spacial score (nSPS) is 28.3. The topological polar surface area (TPSA) is 60.2 Å². The molecule has 0 saturated carbocycles. The molecule has 0 spiro atoms. The van der Waals surface area contributed by atoms with Gasteiger partial charge in [-0.25, -0.2) is 0 Å². The molecule has 66 valence electrons. The minimum atomic E-state index is -0.364. The maximum atomic E-state index is 10.5. The molecule has 0 bridgehead atoms. The molecule has 4 heteroatoms. The molecule has 1 rings (SSSR count). The third kappa shape index (κ3) is 2.15. The van der Waals surface area contributed by atoms with Crippen LogP contribution in [-0.4, -0.2) is 17.8 Å². The van der Waals surface area contributed by atoms with Crippen molar-refractivity contribution in [1.82, 2.24) is 0 Å². The van der Waals surface area contributed by atoms with Gasteiger partial charge in [-0.05, 0) is 12.8 Å². The Hall–Kier alpha value is -1.19. The molecule has 12 heavy (non-hydrogen) atoms. The smallest absolute Gasteiger partial charge is 0.210 e. The van der Waals surface area contributed by atoms with Gasteiger partial charge in [0.25, 0.3) is 0 Å². The van der Waals surface area contributed by atoms with Crippen LogP contribution in [0.2, 0.25) is 0 Å². The first-order chi connectivity index (χ1) is 5.74. The molecule has 4 nitrogen and oxygen atoms in total. The number of allylic oxidation sites excluding steroid dienone is 1. The van der Waals surface area contributed by atoms with Crippen LogP contribution in [0, 0.1) is 22.0 Å². The van der Waals surface area contributed by atoms with Crippen LogP contribution in [0.4, 0.5) is 0 Å². The Balaban J connectivity index is 2.57. The molecule has 0 aromatic rings. The van der Waals surface area contributed by atoms with E-state index in [1.807, 2.05) is 6.08 Å². The summed E-state index contributed by atoms with van der Waals surface area (Å²) in [6.07, 6.45) is 6.13. The van der Waals surface area contributed by atoms with Gasteiger partial charge < -0.3 is 4.79 Å². The standard InChI is InChI=1S/C8H11NO3/c10-6-8-4-2-1-3-7(8)5-9(11)12/h1,3,6-8H,2,4-5H2/t7-,8-/m0/s1. The molecule has 0 heterocycles. The third-order valence-electron chi connectivity index (χ3n) is 2.13. The van der Waals surface area contributed by atoms with E-state index in [1.165, 1.54) is 0 Å². The summed E-state index contributed by atoms with van der Waals surface area (Å²) in [6, 6.07) is 0. The van der Waals surface area contributed by atoms with E-state index in [9.17, 15) is 14.9 Å². The van der Waals surface area contributed by atoms with E-state index in [1.54, 1.807) is 6.08 Å². The molecule has 0 amide bonds. The summed E-state index contributed by atoms with van der Waals surface area (Å²) in [6.45, 7) is -0.125. The Labute approximate surface area is 70.4 Å². The molecule has 0 radical (unpaired) electrons. The lowest BCUT2D eigenvalue weighted by Crippen LogP contribution is -2.24. The quantitative estimate of drug-likeness (QED) is 0.274. The van der Waals surface area contributed by atoms with E-state index >= 15 is 0 Å². The highest BCUT2D eigenvalue weighted by Gasteiger charge is 2.24. The molecule has 1 aliphatic carbocycles. The Morgan fingerprint density at radius 3 is 3.00 bits per heavy atom. The number of hydrogen-bond donors (Lipinski definition) is 0. The third-order valence-corrected chi connectivity index (χ3v) is 2.13. The first-order valence-electron chi connectivity index (χ1n) is 3.98. The van der Waals surface area contributed by atoms with Crippen molar-refractivity contribution in [3.63, 3.8) is 0 Å². The number of carbonyl (C=O) groups is 1. The van der Waals surface area contributed by atoms with E-state index in [0.717, 1.165) is 19.1 Å². The van der Waals surface area contributed by atoms with Crippen molar-refractivity contribution in [1.29, 1.82) is 0 Å². The largest absolute Gasteiger partial charge is 0.303 e. The fourth-order valence-corrected chi connectivity index (χ4v) is 1.45. The summed E-state index contributed by atoms with van der Waals surface area (Å²) in [4.78, 5) is 20.3. The van der Waals surface area contributed by atoms with Crippen LogP contribution in [0.5, 0.6) is 0 Å². The number of nitrogens with zero attached hydrogens (tertiary/aromatic N) is 1. The first-order valence-corrected chi connectivity index (χ1v) is 3.98. The van der Waals surface area contributed by atoms with Gasteiger partial charge in [0.05, 0.1) is 5.92 Å². The van der Waals surface area contributed by atoms with E-state index in [4.69, 9.17) is 0 Å². The lowest BCUT2D eigenvalue weighted by Gasteiger charge is -2.18. The molecule has 0 saturated heterocycles. The Bertz CT molecular complexity index is 212. The highest BCUT2D eigenvalue weighted by Crippen LogP contribution is 2.22. The van der Waals surface area contributed by atoms with Gasteiger partial charge >= 0.3 is 0 Å². The molecule has 1 aliphatic rings. The van der Waals surface area contributed by atoms with E-state index < -0.39 is 0 Å². The Morgan fingerprint density at radius 2 is 2.42 bits per heavy atom. The number of nitro groups is 1. The van der Waals surface area contributed by atoms with Crippen LogP contribution in [0.15, 0.2) is 12.2 Å². The molecule has 0 aromatic carbocycles. The van der Waals surface area contributed by atoms with Crippen molar-refractivity contribution in [2.45, 2.75) is 12.8 Å². The van der Waals surface area contributed by atoms with Gasteiger partial charge in [0.15, 0.2) is 0 Å². The molecular formula is C8H11NO3. The molecule has 0 aromatic heterocycles. The summed E-state index contributed by atoms with van der Waals surface area (Å²) in [7, 11) is 0. The van der Waals surface area contributed by atoms with Gasteiger partial charge in [-0.2, -0.15) is 0 Å². The lowest BCUT2D eigenvalue weighted by atomic mass is 9.85. The zero-order chi connectivity index (χ0) is 8.97. The minimum absolute atomic E-state index is 0.125. The zero-order valence-electron chi connectivity index (χ0n) is 6.68. The summed E-state index contributed by atoms with van der Waals surface area (Å²) < 4.78 is 0.